The minimum atomic E-state index is 0.00536. The van der Waals surface area contributed by atoms with E-state index in [-0.39, 0.29) is 11.9 Å². The van der Waals surface area contributed by atoms with Crippen LogP contribution in [0.2, 0.25) is 0 Å². The number of amides is 1. The molecule has 8 heteroatoms. The Bertz CT molecular complexity index is 901. The fourth-order valence-electron chi connectivity index (χ4n) is 3.23. The third kappa shape index (κ3) is 4.75. The largest absolute Gasteiger partial charge is 0.465 e. The van der Waals surface area contributed by atoms with Crippen LogP contribution in [0.1, 0.15) is 17.6 Å². The van der Waals surface area contributed by atoms with Gasteiger partial charge in [0, 0.05) is 19.6 Å². The number of aromatic nitrogens is 1. The van der Waals surface area contributed by atoms with Crippen molar-refractivity contribution in [2.24, 2.45) is 0 Å². The molecule has 0 radical (unpaired) electrons. The van der Waals surface area contributed by atoms with Gasteiger partial charge in [-0.05, 0) is 31.2 Å². The summed E-state index contributed by atoms with van der Waals surface area (Å²) < 4.78 is 13.4. The van der Waals surface area contributed by atoms with Gasteiger partial charge in [0.2, 0.25) is 5.91 Å². The van der Waals surface area contributed by atoms with Crippen LogP contribution in [0, 0.1) is 6.92 Å². The van der Waals surface area contributed by atoms with Crippen LogP contribution in [-0.2, 0) is 9.53 Å². The average Bonchev–Trinajstić information content (AvgIpc) is 3.33. The third-order valence-corrected chi connectivity index (χ3v) is 6.85. The molecule has 1 saturated heterocycles. The van der Waals surface area contributed by atoms with E-state index < -0.39 is 0 Å². The molecule has 0 spiro atoms. The number of rotatable bonds is 7. The predicted octanol–water partition coefficient (Wildman–Crippen LogP) is 3.48. The van der Waals surface area contributed by atoms with Gasteiger partial charge in [-0.2, -0.15) is 0 Å². The number of thiazole rings is 1. The van der Waals surface area contributed by atoms with E-state index in [1.807, 2.05) is 37.3 Å². The van der Waals surface area contributed by atoms with E-state index in [1.54, 1.807) is 11.3 Å². The van der Waals surface area contributed by atoms with Gasteiger partial charge in [-0.15, -0.1) is 11.3 Å². The van der Waals surface area contributed by atoms with Gasteiger partial charge >= 0.3 is 0 Å². The van der Waals surface area contributed by atoms with Crippen molar-refractivity contribution in [1.82, 2.24) is 15.2 Å². The summed E-state index contributed by atoms with van der Waals surface area (Å²) in [5.41, 5.74) is 0.982. The zero-order chi connectivity index (χ0) is 19.3. The Hall–Kier alpha value is -1.87. The molecule has 6 nitrogen and oxygen atoms in total. The molecule has 1 N–H and O–H groups in total. The lowest BCUT2D eigenvalue weighted by atomic mass is 10.1. The number of aryl methyl sites for hydroxylation is 1. The number of carbonyl (C=O) groups is 1. The summed E-state index contributed by atoms with van der Waals surface area (Å²) in [7, 11) is 0. The highest BCUT2D eigenvalue weighted by atomic mass is 32.2. The molecular weight excluding hydrogens is 394 g/mol. The summed E-state index contributed by atoms with van der Waals surface area (Å²) in [5, 5.41) is 3.07. The normalized spacial score (nSPS) is 16.3. The van der Waals surface area contributed by atoms with Crippen LogP contribution in [0.4, 0.5) is 0 Å². The molecule has 148 valence electrons. The van der Waals surface area contributed by atoms with Gasteiger partial charge in [0.05, 0.1) is 35.2 Å². The number of thioether (sulfide) groups is 1. The number of nitrogens with one attached hydrogen (secondary N) is 1. The Morgan fingerprint density at radius 2 is 2.11 bits per heavy atom. The summed E-state index contributed by atoms with van der Waals surface area (Å²) in [6, 6.07) is 12.0. The number of benzene rings is 1. The monoisotopic (exact) mass is 417 g/mol. The molecule has 1 aromatic carbocycles. The van der Waals surface area contributed by atoms with Gasteiger partial charge in [-0.1, -0.05) is 23.9 Å². The number of furan rings is 1. The van der Waals surface area contributed by atoms with Crippen LogP contribution in [0.5, 0.6) is 0 Å². The lowest BCUT2D eigenvalue weighted by Gasteiger charge is -2.33. The molecule has 4 rings (SSSR count). The lowest BCUT2D eigenvalue weighted by Crippen LogP contribution is -2.44. The Kier molecular flexibility index (Phi) is 6.31. The molecular formula is C20H23N3O3S2. The van der Waals surface area contributed by atoms with Crippen LogP contribution in [0.25, 0.3) is 10.2 Å². The highest BCUT2D eigenvalue weighted by Crippen LogP contribution is 2.29. The molecule has 1 aliphatic heterocycles. The molecule has 2 aromatic heterocycles. The van der Waals surface area contributed by atoms with Crippen molar-refractivity contribution in [2.45, 2.75) is 17.3 Å². The standard InChI is InChI=1S/C20H23N3O3S2/c1-14-6-7-17(26-14)16(23-8-10-25-11-9-23)12-21-19(24)13-27-20-22-15-4-2-3-5-18(15)28-20/h2-7,16H,8-13H2,1H3,(H,21,24). The second-order valence-corrected chi connectivity index (χ2v) is 8.91. The number of nitrogens with zero attached hydrogens (tertiary/aromatic N) is 2. The molecule has 0 aliphatic carbocycles. The first-order valence-corrected chi connectivity index (χ1v) is 11.1. The van der Waals surface area contributed by atoms with Crippen molar-refractivity contribution in [1.29, 1.82) is 0 Å². The summed E-state index contributed by atoms with van der Waals surface area (Å²) in [4.78, 5) is 19.3. The van der Waals surface area contributed by atoms with Crippen molar-refractivity contribution in [3.05, 3.63) is 47.9 Å². The Morgan fingerprint density at radius 1 is 1.29 bits per heavy atom. The molecule has 3 heterocycles. The Labute approximate surface area is 172 Å². The third-order valence-electron chi connectivity index (χ3n) is 4.67. The van der Waals surface area contributed by atoms with Crippen molar-refractivity contribution >= 4 is 39.2 Å². The number of hydrogen-bond donors (Lipinski definition) is 1. The molecule has 1 amide bonds. The summed E-state index contributed by atoms with van der Waals surface area (Å²) in [6.45, 7) is 5.54. The number of ether oxygens (including phenoxy) is 1. The number of para-hydroxylation sites is 1. The van der Waals surface area contributed by atoms with Crippen molar-refractivity contribution in [2.75, 3.05) is 38.6 Å². The molecule has 1 atom stereocenters. The smallest absolute Gasteiger partial charge is 0.230 e. The van der Waals surface area contributed by atoms with E-state index in [2.05, 4.69) is 21.3 Å². The van der Waals surface area contributed by atoms with Gasteiger partial charge in [0.25, 0.3) is 0 Å². The maximum absolute atomic E-state index is 12.4. The molecule has 3 aromatic rings. The number of morpholine rings is 1. The van der Waals surface area contributed by atoms with Crippen LogP contribution in [0.15, 0.2) is 45.2 Å². The number of fused-ring (bicyclic) bond motifs is 1. The van der Waals surface area contributed by atoms with Crippen LogP contribution >= 0.6 is 23.1 Å². The SMILES string of the molecule is Cc1ccc(C(CNC(=O)CSc2nc3ccccc3s2)N2CCOCC2)o1. The summed E-state index contributed by atoms with van der Waals surface area (Å²) in [6.07, 6.45) is 0. The second kappa shape index (κ2) is 9.09. The highest BCUT2D eigenvalue weighted by Gasteiger charge is 2.25. The average molecular weight is 418 g/mol. The van der Waals surface area contributed by atoms with Crippen molar-refractivity contribution in [3.63, 3.8) is 0 Å². The van der Waals surface area contributed by atoms with Crippen molar-refractivity contribution < 1.29 is 13.9 Å². The Balaban J connectivity index is 1.34. The van der Waals surface area contributed by atoms with E-state index >= 15 is 0 Å². The van der Waals surface area contributed by atoms with E-state index in [4.69, 9.17) is 9.15 Å². The zero-order valence-electron chi connectivity index (χ0n) is 15.7. The number of carbonyl (C=O) groups excluding carboxylic acids is 1. The van der Waals surface area contributed by atoms with E-state index in [0.717, 1.165) is 39.2 Å². The Morgan fingerprint density at radius 3 is 2.86 bits per heavy atom. The first-order valence-electron chi connectivity index (χ1n) is 9.32. The minimum Gasteiger partial charge on any atom is -0.465 e. The summed E-state index contributed by atoms with van der Waals surface area (Å²) in [5.74, 6) is 2.13. The van der Waals surface area contributed by atoms with Gasteiger partial charge < -0.3 is 14.5 Å². The molecule has 0 saturated carbocycles. The first kappa shape index (κ1) is 19.4. The zero-order valence-corrected chi connectivity index (χ0v) is 17.4. The van der Waals surface area contributed by atoms with Crippen LogP contribution in [0.3, 0.4) is 0 Å². The molecule has 1 aliphatic rings. The van der Waals surface area contributed by atoms with Crippen molar-refractivity contribution in [3.8, 4) is 0 Å². The maximum atomic E-state index is 12.4. The predicted molar refractivity (Wildman–Crippen MR) is 112 cm³/mol. The fraction of sp³-hybridized carbons (Fsp3) is 0.400. The first-order chi connectivity index (χ1) is 13.7. The van der Waals surface area contributed by atoms with Gasteiger partial charge in [-0.3, -0.25) is 9.69 Å². The van der Waals surface area contributed by atoms with Gasteiger partial charge in [0.15, 0.2) is 4.34 Å². The fourth-order valence-corrected chi connectivity index (χ4v) is 5.13. The lowest BCUT2D eigenvalue weighted by molar-refractivity contribution is -0.118. The number of hydrogen-bond acceptors (Lipinski definition) is 7. The highest BCUT2D eigenvalue weighted by molar-refractivity contribution is 8.01. The molecule has 1 fully saturated rings. The molecule has 0 bridgehead atoms. The second-order valence-electron chi connectivity index (χ2n) is 6.65. The quantitative estimate of drug-likeness (QED) is 0.594. The van der Waals surface area contributed by atoms with Crippen LogP contribution in [-0.4, -0.2) is 54.4 Å². The topological polar surface area (TPSA) is 67.6 Å². The van der Waals surface area contributed by atoms with E-state index in [9.17, 15) is 4.79 Å². The van der Waals surface area contributed by atoms with Crippen LogP contribution < -0.4 is 5.32 Å². The summed E-state index contributed by atoms with van der Waals surface area (Å²) >= 11 is 3.10. The van der Waals surface area contributed by atoms with E-state index in [1.165, 1.54) is 11.8 Å². The molecule has 28 heavy (non-hydrogen) atoms. The van der Waals surface area contributed by atoms with E-state index in [0.29, 0.717) is 25.5 Å². The maximum Gasteiger partial charge on any atom is 0.230 e. The van der Waals surface area contributed by atoms with Gasteiger partial charge in [-0.25, -0.2) is 4.98 Å². The minimum absolute atomic E-state index is 0.00536. The van der Waals surface area contributed by atoms with Gasteiger partial charge in [0.1, 0.15) is 11.5 Å². The molecule has 1 unspecified atom stereocenters.